The van der Waals surface area contributed by atoms with Gasteiger partial charge in [0.05, 0.1) is 0 Å². The number of amides is 2. The molecule has 2 amide bonds. The van der Waals surface area contributed by atoms with Crippen molar-refractivity contribution in [2.45, 2.75) is 25.3 Å². The van der Waals surface area contributed by atoms with Crippen molar-refractivity contribution < 1.29 is 9.59 Å². The average Bonchev–Trinajstić information content (AvgIpc) is 3.02. The van der Waals surface area contributed by atoms with Crippen molar-refractivity contribution in [1.29, 1.82) is 0 Å². The molecule has 2 aromatic rings. The lowest BCUT2D eigenvalue weighted by Crippen LogP contribution is -2.45. The maximum absolute atomic E-state index is 12.5. The molecule has 132 valence electrons. The van der Waals surface area contributed by atoms with Gasteiger partial charge in [-0.1, -0.05) is 30.3 Å². The molecular weight excluding hydrogens is 338 g/mol. The number of hydrogen-bond acceptors (Lipinski definition) is 3. The molecule has 0 aromatic heterocycles. The van der Waals surface area contributed by atoms with Crippen molar-refractivity contribution in [3.8, 4) is 0 Å². The third kappa shape index (κ3) is 4.00. The first-order chi connectivity index (χ1) is 11.5. The number of benzene rings is 2. The summed E-state index contributed by atoms with van der Waals surface area (Å²) in [5.74, 6) is -0.135. The molecule has 3 N–H and O–H groups in total. The zero-order valence-corrected chi connectivity index (χ0v) is 14.9. The lowest BCUT2D eigenvalue weighted by Gasteiger charge is -2.24. The van der Waals surface area contributed by atoms with Crippen LogP contribution in [0.25, 0.3) is 0 Å². The number of rotatable bonds is 4. The third-order valence-corrected chi connectivity index (χ3v) is 4.36. The summed E-state index contributed by atoms with van der Waals surface area (Å²) in [5, 5.41) is 2.84. The molecule has 2 aromatic carbocycles. The smallest absolute Gasteiger partial charge is 0.248 e. The molecule has 1 fully saturated rings. The lowest BCUT2D eigenvalue weighted by molar-refractivity contribution is -0.121. The summed E-state index contributed by atoms with van der Waals surface area (Å²) < 4.78 is 0. The van der Waals surface area contributed by atoms with Crippen LogP contribution in [0.1, 0.15) is 25.3 Å². The van der Waals surface area contributed by atoms with Gasteiger partial charge in [-0.25, -0.2) is 0 Å². The van der Waals surface area contributed by atoms with Crippen molar-refractivity contribution in [2.24, 2.45) is 5.73 Å². The molecule has 5 nitrogen and oxygen atoms in total. The van der Waals surface area contributed by atoms with Crippen molar-refractivity contribution in [3.05, 3.63) is 60.2 Å². The first kappa shape index (κ1) is 19.0. The highest BCUT2D eigenvalue weighted by Crippen LogP contribution is 2.24. The number of halogens is 1. The predicted octanol–water partition coefficient (Wildman–Crippen LogP) is 3.05. The Morgan fingerprint density at radius 2 is 1.76 bits per heavy atom. The second-order valence-electron chi connectivity index (χ2n) is 6.22. The van der Waals surface area contributed by atoms with Crippen LogP contribution in [0.4, 0.5) is 11.4 Å². The van der Waals surface area contributed by atoms with E-state index in [1.54, 1.807) is 24.0 Å². The van der Waals surface area contributed by atoms with E-state index in [0.717, 1.165) is 24.2 Å². The fourth-order valence-electron chi connectivity index (χ4n) is 2.82. The molecule has 0 aliphatic carbocycles. The quantitative estimate of drug-likeness (QED) is 0.880. The predicted molar refractivity (Wildman–Crippen MR) is 102 cm³/mol. The Morgan fingerprint density at radius 1 is 1.12 bits per heavy atom. The van der Waals surface area contributed by atoms with Crippen LogP contribution in [0.5, 0.6) is 0 Å². The van der Waals surface area contributed by atoms with E-state index >= 15 is 0 Å². The van der Waals surface area contributed by atoms with Crippen LogP contribution < -0.4 is 16.0 Å². The normalized spacial score (nSPS) is 16.1. The largest absolute Gasteiger partial charge is 0.324 e. The van der Waals surface area contributed by atoms with E-state index in [1.807, 2.05) is 42.5 Å². The zero-order chi connectivity index (χ0) is 17.2. The second kappa shape index (κ2) is 7.68. The average molecular weight is 360 g/mol. The van der Waals surface area contributed by atoms with Gasteiger partial charge in [0.1, 0.15) is 5.54 Å². The fraction of sp³-hybridized carbons (Fsp3) is 0.263. The number of carbonyl (C=O) groups excluding carboxylic acids is 2. The summed E-state index contributed by atoms with van der Waals surface area (Å²) in [6, 6.07) is 16.5. The maximum atomic E-state index is 12.5. The number of hydrogen-bond donors (Lipinski definition) is 2. The zero-order valence-electron chi connectivity index (χ0n) is 14.1. The van der Waals surface area contributed by atoms with E-state index in [9.17, 15) is 9.59 Å². The number of nitrogens with two attached hydrogens (primary N) is 1. The van der Waals surface area contributed by atoms with Crippen molar-refractivity contribution in [1.82, 2.24) is 0 Å². The fourth-order valence-corrected chi connectivity index (χ4v) is 2.82. The van der Waals surface area contributed by atoms with Crippen LogP contribution in [0.3, 0.4) is 0 Å². The van der Waals surface area contributed by atoms with Crippen LogP contribution in [-0.2, 0) is 15.1 Å². The van der Waals surface area contributed by atoms with Gasteiger partial charge in [-0.2, -0.15) is 0 Å². The molecule has 0 radical (unpaired) electrons. The van der Waals surface area contributed by atoms with Crippen LogP contribution in [-0.4, -0.2) is 18.4 Å². The minimum Gasteiger partial charge on any atom is -0.324 e. The summed E-state index contributed by atoms with van der Waals surface area (Å²) in [6.07, 6.45) is 1.49. The highest BCUT2D eigenvalue weighted by atomic mass is 35.5. The first-order valence-corrected chi connectivity index (χ1v) is 8.05. The monoisotopic (exact) mass is 359 g/mol. The Morgan fingerprint density at radius 3 is 2.32 bits per heavy atom. The van der Waals surface area contributed by atoms with E-state index < -0.39 is 5.54 Å². The standard InChI is InChI=1S/C19H21N3O2.ClH/c1-19(20,14-6-3-2-4-7-14)18(24)21-15-9-11-16(12-10-15)22-13-5-8-17(22)23;/h2-4,6-7,9-12H,5,8,13,20H2,1H3,(H,21,24);1H. The molecule has 1 heterocycles. The molecule has 1 atom stereocenters. The molecule has 0 saturated carbocycles. The van der Waals surface area contributed by atoms with Gasteiger partial charge in [-0.15, -0.1) is 12.4 Å². The van der Waals surface area contributed by atoms with E-state index in [-0.39, 0.29) is 24.2 Å². The van der Waals surface area contributed by atoms with Gasteiger partial charge in [0, 0.05) is 24.3 Å². The topological polar surface area (TPSA) is 75.4 Å². The minimum atomic E-state index is -1.12. The first-order valence-electron chi connectivity index (χ1n) is 8.05. The summed E-state index contributed by atoms with van der Waals surface area (Å²) >= 11 is 0. The van der Waals surface area contributed by atoms with Crippen molar-refractivity contribution in [2.75, 3.05) is 16.8 Å². The van der Waals surface area contributed by atoms with Gasteiger partial charge in [-0.05, 0) is 43.2 Å². The molecule has 0 bridgehead atoms. The van der Waals surface area contributed by atoms with Gasteiger partial charge in [-0.3, -0.25) is 9.59 Å². The third-order valence-electron chi connectivity index (χ3n) is 4.36. The van der Waals surface area contributed by atoms with Crippen molar-refractivity contribution >= 4 is 35.6 Å². The molecule has 25 heavy (non-hydrogen) atoms. The second-order valence-corrected chi connectivity index (χ2v) is 6.22. The molecule has 1 aliphatic heterocycles. The van der Waals surface area contributed by atoms with Gasteiger partial charge in [0.2, 0.25) is 11.8 Å². The number of nitrogens with zero attached hydrogens (tertiary/aromatic N) is 1. The van der Waals surface area contributed by atoms with E-state index in [4.69, 9.17) is 5.73 Å². The van der Waals surface area contributed by atoms with E-state index in [2.05, 4.69) is 5.32 Å². The Hall–Kier alpha value is -2.37. The van der Waals surface area contributed by atoms with E-state index in [0.29, 0.717) is 12.1 Å². The molecule has 1 saturated heterocycles. The summed E-state index contributed by atoms with van der Waals surface area (Å²) in [6.45, 7) is 2.44. The Labute approximate surface area is 153 Å². The van der Waals surface area contributed by atoms with Gasteiger partial charge in [0.15, 0.2) is 0 Å². The molecule has 1 unspecified atom stereocenters. The highest BCUT2D eigenvalue weighted by molar-refractivity contribution is 5.99. The Kier molecular flexibility index (Phi) is 5.82. The minimum absolute atomic E-state index is 0. The summed E-state index contributed by atoms with van der Waals surface area (Å²) in [4.78, 5) is 26.1. The summed E-state index contributed by atoms with van der Waals surface area (Å²) in [7, 11) is 0. The van der Waals surface area contributed by atoms with Crippen LogP contribution in [0.2, 0.25) is 0 Å². The van der Waals surface area contributed by atoms with Gasteiger partial charge in [0.25, 0.3) is 0 Å². The highest BCUT2D eigenvalue weighted by Gasteiger charge is 2.30. The van der Waals surface area contributed by atoms with Gasteiger partial charge >= 0.3 is 0 Å². The SMILES string of the molecule is CC(N)(C(=O)Nc1ccc(N2CCCC2=O)cc1)c1ccccc1.Cl. The van der Waals surface area contributed by atoms with Crippen LogP contribution in [0.15, 0.2) is 54.6 Å². The maximum Gasteiger partial charge on any atom is 0.248 e. The Balaban J connectivity index is 0.00000225. The molecule has 3 rings (SSSR count). The molecular formula is C19H22ClN3O2. The van der Waals surface area contributed by atoms with Crippen molar-refractivity contribution in [3.63, 3.8) is 0 Å². The van der Waals surface area contributed by atoms with Crippen LogP contribution >= 0.6 is 12.4 Å². The number of carbonyl (C=O) groups is 2. The van der Waals surface area contributed by atoms with Crippen LogP contribution in [0, 0.1) is 0 Å². The Bertz CT molecular complexity index is 745. The molecule has 0 spiro atoms. The molecule has 1 aliphatic rings. The molecule has 6 heteroatoms. The lowest BCUT2D eigenvalue weighted by atomic mass is 9.92. The number of anilines is 2. The van der Waals surface area contributed by atoms with Gasteiger partial charge < -0.3 is 16.0 Å². The number of nitrogens with one attached hydrogen (secondary N) is 1. The van der Waals surface area contributed by atoms with E-state index in [1.165, 1.54) is 0 Å². The summed E-state index contributed by atoms with van der Waals surface area (Å²) in [5.41, 5.74) is 7.35.